The zero-order valence-electron chi connectivity index (χ0n) is 7.52. The lowest BCUT2D eigenvalue weighted by molar-refractivity contribution is -0.139. The Bertz CT molecular complexity index is 272. The maximum Gasteiger partial charge on any atom is 0.321 e. The van der Waals surface area contributed by atoms with Crippen LogP contribution in [0.15, 0.2) is 0 Å². The Hall–Kier alpha value is -0.660. The van der Waals surface area contributed by atoms with Crippen LogP contribution in [0.3, 0.4) is 0 Å². The third-order valence-corrected chi connectivity index (χ3v) is 1.92. The van der Waals surface area contributed by atoms with Gasteiger partial charge < -0.3 is 5.11 Å². The molecule has 0 heterocycles. The lowest BCUT2D eigenvalue weighted by Crippen LogP contribution is -2.44. The minimum atomic E-state index is -3.94. The molecule has 0 saturated carbocycles. The van der Waals surface area contributed by atoms with Gasteiger partial charge in [-0.2, -0.15) is 13.1 Å². The fourth-order valence-electron chi connectivity index (χ4n) is 0.869. The molecule has 0 aliphatic heterocycles. The van der Waals surface area contributed by atoms with Crippen molar-refractivity contribution in [2.24, 2.45) is 11.1 Å². The summed E-state index contributed by atoms with van der Waals surface area (Å²) in [6.45, 7) is 3.58. The Morgan fingerprint density at radius 2 is 2.00 bits per heavy atom. The van der Waals surface area contributed by atoms with Crippen LogP contribution in [0.25, 0.3) is 0 Å². The van der Waals surface area contributed by atoms with Gasteiger partial charge in [0.05, 0.1) is 0 Å². The lowest BCUT2D eigenvalue weighted by Gasteiger charge is -2.14. The number of nitrogens with two attached hydrogens (primary N) is 1. The fourth-order valence-corrected chi connectivity index (χ4v) is 1.46. The topological polar surface area (TPSA) is 109 Å². The Balaban J connectivity index is 4.37. The smallest absolute Gasteiger partial charge is 0.321 e. The number of hydrogen-bond donors (Lipinski definition) is 3. The van der Waals surface area contributed by atoms with Crippen LogP contribution in [-0.2, 0) is 15.0 Å². The van der Waals surface area contributed by atoms with Crippen LogP contribution < -0.4 is 9.86 Å². The average Bonchev–Trinajstić information content (AvgIpc) is 1.81. The highest BCUT2D eigenvalue weighted by molar-refractivity contribution is 7.87. The number of carboxylic acid groups (broad SMARTS) is 1. The predicted octanol–water partition coefficient (Wildman–Crippen LogP) is -0.721. The summed E-state index contributed by atoms with van der Waals surface area (Å²) in [6, 6.07) is -1.14. The number of rotatable bonds is 5. The average molecular weight is 210 g/mol. The van der Waals surface area contributed by atoms with E-state index in [2.05, 4.69) is 5.14 Å². The molecule has 0 rings (SSSR count). The SMILES string of the molecule is CC(C)C[C@H](NS(N)(=O)=O)C(=O)O. The van der Waals surface area contributed by atoms with Crippen molar-refractivity contribution in [2.75, 3.05) is 0 Å². The van der Waals surface area contributed by atoms with E-state index in [1.165, 1.54) is 0 Å². The normalized spacial score (nSPS) is 14.5. The molecule has 0 aromatic heterocycles. The third-order valence-electron chi connectivity index (χ3n) is 1.31. The molecule has 0 aromatic rings. The minimum Gasteiger partial charge on any atom is -0.480 e. The van der Waals surface area contributed by atoms with E-state index < -0.39 is 22.2 Å². The van der Waals surface area contributed by atoms with E-state index >= 15 is 0 Å². The lowest BCUT2D eigenvalue weighted by atomic mass is 10.1. The second-order valence-electron chi connectivity index (χ2n) is 3.18. The van der Waals surface area contributed by atoms with Gasteiger partial charge in [0, 0.05) is 0 Å². The summed E-state index contributed by atoms with van der Waals surface area (Å²) in [5.74, 6) is -1.14. The molecule has 0 amide bonds. The van der Waals surface area contributed by atoms with Gasteiger partial charge in [-0.3, -0.25) is 4.79 Å². The van der Waals surface area contributed by atoms with E-state index in [4.69, 9.17) is 5.11 Å². The van der Waals surface area contributed by atoms with Crippen molar-refractivity contribution in [3.05, 3.63) is 0 Å². The van der Waals surface area contributed by atoms with E-state index in [9.17, 15) is 13.2 Å². The second-order valence-corrected chi connectivity index (χ2v) is 4.51. The minimum absolute atomic E-state index is 0.0790. The molecule has 0 unspecified atom stereocenters. The van der Waals surface area contributed by atoms with Gasteiger partial charge in [0.1, 0.15) is 6.04 Å². The Morgan fingerprint density at radius 3 is 2.23 bits per heavy atom. The highest BCUT2D eigenvalue weighted by atomic mass is 32.2. The first-order chi connectivity index (χ1) is 5.72. The van der Waals surface area contributed by atoms with Crippen LogP contribution in [-0.4, -0.2) is 25.5 Å². The van der Waals surface area contributed by atoms with Gasteiger partial charge in [-0.15, -0.1) is 0 Å². The number of hydrogen-bond acceptors (Lipinski definition) is 3. The van der Waals surface area contributed by atoms with E-state index in [-0.39, 0.29) is 12.3 Å². The molecule has 0 saturated heterocycles. The summed E-state index contributed by atoms with van der Waals surface area (Å²) < 4.78 is 22.9. The quantitative estimate of drug-likeness (QED) is 0.556. The molecule has 0 aliphatic carbocycles. The molecule has 1 atom stereocenters. The first kappa shape index (κ1) is 12.3. The van der Waals surface area contributed by atoms with Crippen LogP contribution in [0, 0.1) is 5.92 Å². The van der Waals surface area contributed by atoms with Crippen LogP contribution >= 0.6 is 0 Å². The number of aliphatic carboxylic acids is 1. The van der Waals surface area contributed by atoms with E-state index in [1.54, 1.807) is 13.8 Å². The van der Waals surface area contributed by atoms with Gasteiger partial charge in [0.15, 0.2) is 0 Å². The number of nitrogens with one attached hydrogen (secondary N) is 1. The molecule has 0 bridgehead atoms. The van der Waals surface area contributed by atoms with Crippen molar-refractivity contribution >= 4 is 16.2 Å². The second kappa shape index (κ2) is 4.54. The zero-order valence-corrected chi connectivity index (χ0v) is 8.34. The summed E-state index contributed by atoms with van der Waals surface area (Å²) in [4.78, 5) is 10.5. The zero-order chi connectivity index (χ0) is 10.6. The summed E-state index contributed by atoms with van der Waals surface area (Å²) in [6.07, 6.45) is 0.214. The van der Waals surface area contributed by atoms with E-state index in [0.29, 0.717) is 0 Å². The van der Waals surface area contributed by atoms with Crippen molar-refractivity contribution < 1.29 is 18.3 Å². The molecular weight excluding hydrogens is 196 g/mol. The molecule has 7 heteroatoms. The van der Waals surface area contributed by atoms with Gasteiger partial charge >= 0.3 is 5.97 Å². The maximum absolute atomic E-state index is 10.5. The molecule has 0 spiro atoms. The Morgan fingerprint density at radius 1 is 1.54 bits per heavy atom. The molecule has 0 aliphatic rings. The third kappa shape index (κ3) is 6.50. The van der Waals surface area contributed by atoms with Crippen molar-refractivity contribution in [3.63, 3.8) is 0 Å². The molecule has 0 fully saturated rings. The first-order valence-corrected chi connectivity index (χ1v) is 5.30. The molecule has 0 radical (unpaired) electrons. The van der Waals surface area contributed by atoms with Gasteiger partial charge in [0.25, 0.3) is 10.2 Å². The van der Waals surface area contributed by atoms with Crippen LogP contribution in [0.1, 0.15) is 20.3 Å². The number of carbonyl (C=O) groups is 1. The monoisotopic (exact) mass is 210 g/mol. The van der Waals surface area contributed by atoms with Gasteiger partial charge in [-0.25, -0.2) is 5.14 Å². The van der Waals surface area contributed by atoms with Crippen LogP contribution in [0.2, 0.25) is 0 Å². The van der Waals surface area contributed by atoms with Gasteiger partial charge in [0.2, 0.25) is 0 Å². The first-order valence-electron chi connectivity index (χ1n) is 3.75. The number of carboxylic acids is 1. The van der Waals surface area contributed by atoms with Crippen molar-refractivity contribution in [2.45, 2.75) is 26.3 Å². The summed E-state index contributed by atoms with van der Waals surface area (Å²) in [5, 5.41) is 13.3. The standard InChI is InChI=1S/C6H14N2O4S/c1-4(2)3-5(6(9)10)8-13(7,11)12/h4-5,8H,3H2,1-2H3,(H,9,10)(H2,7,11,12)/t5-/m0/s1. The van der Waals surface area contributed by atoms with Crippen molar-refractivity contribution in [1.82, 2.24) is 4.72 Å². The van der Waals surface area contributed by atoms with E-state index in [1.807, 2.05) is 4.72 Å². The fraction of sp³-hybridized carbons (Fsp3) is 0.833. The Kier molecular flexibility index (Phi) is 4.31. The molecular formula is C6H14N2O4S. The van der Waals surface area contributed by atoms with Crippen LogP contribution in [0.5, 0.6) is 0 Å². The molecule has 6 nitrogen and oxygen atoms in total. The summed E-state index contributed by atoms with van der Waals surface area (Å²) >= 11 is 0. The maximum atomic E-state index is 10.5. The van der Waals surface area contributed by atoms with Gasteiger partial charge in [-0.1, -0.05) is 13.8 Å². The van der Waals surface area contributed by atoms with E-state index in [0.717, 1.165) is 0 Å². The molecule has 0 aromatic carbocycles. The largest absolute Gasteiger partial charge is 0.480 e. The van der Waals surface area contributed by atoms with Crippen molar-refractivity contribution in [3.8, 4) is 0 Å². The highest BCUT2D eigenvalue weighted by Crippen LogP contribution is 2.05. The predicted molar refractivity (Wildman–Crippen MR) is 47.1 cm³/mol. The summed E-state index contributed by atoms with van der Waals surface area (Å²) in [5.41, 5.74) is 0. The molecule has 78 valence electrons. The Labute approximate surface area is 77.3 Å². The molecule has 13 heavy (non-hydrogen) atoms. The van der Waals surface area contributed by atoms with Crippen LogP contribution in [0.4, 0.5) is 0 Å². The summed E-state index contributed by atoms with van der Waals surface area (Å²) in [7, 11) is -3.94. The van der Waals surface area contributed by atoms with Crippen molar-refractivity contribution in [1.29, 1.82) is 0 Å². The highest BCUT2D eigenvalue weighted by Gasteiger charge is 2.22. The van der Waals surface area contributed by atoms with Gasteiger partial charge in [-0.05, 0) is 12.3 Å². The molecule has 4 N–H and O–H groups in total.